The van der Waals surface area contributed by atoms with E-state index in [9.17, 15) is 19.8 Å². The molecule has 0 spiro atoms. The minimum atomic E-state index is -0.549. The average Bonchev–Trinajstić information content (AvgIpc) is 2.56. The van der Waals surface area contributed by atoms with Crippen molar-refractivity contribution in [3.63, 3.8) is 0 Å². The predicted octanol–water partition coefficient (Wildman–Crippen LogP) is 4.21. The van der Waals surface area contributed by atoms with Gasteiger partial charge in [-0.1, -0.05) is 32.4 Å². The van der Waals surface area contributed by atoms with Crippen molar-refractivity contribution in [2.24, 2.45) is 0 Å². The van der Waals surface area contributed by atoms with Gasteiger partial charge in [0.15, 0.2) is 0 Å². The van der Waals surface area contributed by atoms with Crippen molar-refractivity contribution in [1.29, 1.82) is 0 Å². The van der Waals surface area contributed by atoms with Crippen LogP contribution in [0.4, 0.5) is 0 Å². The van der Waals surface area contributed by atoms with Crippen molar-refractivity contribution in [3.8, 4) is 28.4 Å². The standard InChI is InChI=1S/C17H12O6.C3H8/c1-9(18)23-12-6-14(20)16-15(7-12)22-8-13(17(16)21)10-2-4-11(19)5-3-10;1-3-2/h2-8,19-20H,1H3;3H2,1-2H3. The number of ether oxygens (including phenoxy) is 1. The maximum atomic E-state index is 12.6. The number of hydrogen-bond acceptors (Lipinski definition) is 6. The van der Waals surface area contributed by atoms with E-state index in [2.05, 4.69) is 13.8 Å². The molecule has 0 aliphatic carbocycles. The lowest BCUT2D eigenvalue weighted by Gasteiger charge is -2.07. The smallest absolute Gasteiger partial charge is 0.308 e. The van der Waals surface area contributed by atoms with Gasteiger partial charge < -0.3 is 19.4 Å². The number of hydrogen-bond donors (Lipinski definition) is 2. The summed E-state index contributed by atoms with van der Waals surface area (Å²) in [7, 11) is 0. The summed E-state index contributed by atoms with van der Waals surface area (Å²) < 4.78 is 10.3. The highest BCUT2D eigenvalue weighted by atomic mass is 16.5. The first-order chi connectivity index (χ1) is 12.4. The number of phenolic OH excluding ortho intramolecular Hbond substituents is 2. The molecule has 26 heavy (non-hydrogen) atoms. The Morgan fingerprint density at radius 1 is 1.12 bits per heavy atom. The van der Waals surface area contributed by atoms with Crippen LogP contribution in [0.3, 0.4) is 0 Å². The van der Waals surface area contributed by atoms with E-state index in [1.807, 2.05) is 0 Å². The molecule has 0 unspecified atom stereocenters. The fraction of sp³-hybridized carbons (Fsp3) is 0.200. The first kappa shape index (κ1) is 19.1. The van der Waals surface area contributed by atoms with E-state index in [-0.39, 0.29) is 33.8 Å². The van der Waals surface area contributed by atoms with Crippen LogP contribution in [0.25, 0.3) is 22.1 Å². The minimum absolute atomic E-state index is 0.00789. The van der Waals surface area contributed by atoms with Crippen LogP contribution >= 0.6 is 0 Å². The molecule has 6 nitrogen and oxygen atoms in total. The van der Waals surface area contributed by atoms with E-state index >= 15 is 0 Å². The van der Waals surface area contributed by atoms with Crippen molar-refractivity contribution >= 4 is 16.9 Å². The summed E-state index contributed by atoms with van der Waals surface area (Å²) in [6, 6.07) is 8.57. The monoisotopic (exact) mass is 356 g/mol. The van der Waals surface area contributed by atoms with Crippen molar-refractivity contribution < 1.29 is 24.2 Å². The third-order valence-electron chi connectivity index (χ3n) is 3.27. The molecule has 3 aromatic rings. The molecule has 1 heterocycles. The third kappa shape index (κ3) is 4.22. The van der Waals surface area contributed by atoms with Gasteiger partial charge in [-0.05, 0) is 17.7 Å². The second kappa shape index (κ2) is 8.20. The zero-order valence-corrected chi connectivity index (χ0v) is 14.8. The molecule has 136 valence electrons. The number of carbonyl (C=O) groups excluding carboxylic acids is 1. The number of carbonyl (C=O) groups is 1. The molecule has 0 fully saturated rings. The van der Waals surface area contributed by atoms with Crippen LogP contribution in [0.2, 0.25) is 0 Å². The fourth-order valence-corrected chi connectivity index (χ4v) is 2.27. The molecule has 0 saturated heterocycles. The summed E-state index contributed by atoms with van der Waals surface area (Å²) in [6.07, 6.45) is 2.51. The van der Waals surface area contributed by atoms with Gasteiger partial charge in [0.25, 0.3) is 0 Å². The molecule has 2 aromatic carbocycles. The second-order valence-corrected chi connectivity index (χ2v) is 5.64. The van der Waals surface area contributed by atoms with Crippen LogP contribution in [0.15, 0.2) is 51.9 Å². The van der Waals surface area contributed by atoms with Crippen LogP contribution < -0.4 is 10.2 Å². The fourth-order valence-electron chi connectivity index (χ4n) is 2.27. The van der Waals surface area contributed by atoms with Crippen LogP contribution in [-0.2, 0) is 4.79 Å². The Bertz CT molecular complexity index is 970. The summed E-state index contributed by atoms with van der Waals surface area (Å²) in [6.45, 7) is 5.48. The Morgan fingerprint density at radius 3 is 2.31 bits per heavy atom. The highest BCUT2D eigenvalue weighted by Crippen LogP contribution is 2.30. The molecule has 2 N–H and O–H groups in total. The molecule has 6 heteroatoms. The zero-order valence-electron chi connectivity index (χ0n) is 14.8. The van der Waals surface area contributed by atoms with E-state index in [1.165, 1.54) is 43.9 Å². The molecular weight excluding hydrogens is 336 g/mol. The first-order valence-electron chi connectivity index (χ1n) is 8.13. The number of esters is 1. The number of aromatic hydroxyl groups is 2. The van der Waals surface area contributed by atoms with Gasteiger partial charge in [0, 0.05) is 19.1 Å². The first-order valence-corrected chi connectivity index (χ1v) is 8.13. The number of benzene rings is 2. The molecule has 0 aliphatic rings. The highest BCUT2D eigenvalue weighted by molar-refractivity contribution is 5.88. The van der Waals surface area contributed by atoms with Crippen molar-refractivity contribution in [3.05, 3.63) is 52.9 Å². The molecule has 0 atom stereocenters. The number of phenols is 2. The quantitative estimate of drug-likeness (QED) is 0.527. The van der Waals surface area contributed by atoms with Gasteiger partial charge in [-0.2, -0.15) is 0 Å². The van der Waals surface area contributed by atoms with Crippen LogP contribution in [-0.4, -0.2) is 16.2 Å². The van der Waals surface area contributed by atoms with Crippen molar-refractivity contribution in [1.82, 2.24) is 0 Å². The van der Waals surface area contributed by atoms with E-state index in [4.69, 9.17) is 9.15 Å². The minimum Gasteiger partial charge on any atom is -0.508 e. The maximum Gasteiger partial charge on any atom is 0.308 e. The van der Waals surface area contributed by atoms with Gasteiger partial charge in [-0.25, -0.2) is 0 Å². The van der Waals surface area contributed by atoms with E-state index in [1.54, 1.807) is 12.1 Å². The van der Waals surface area contributed by atoms with Gasteiger partial charge >= 0.3 is 5.97 Å². The molecule has 0 amide bonds. The molecule has 0 saturated carbocycles. The SMILES string of the molecule is CC(=O)Oc1cc(O)c2c(=O)c(-c3ccc(O)cc3)coc2c1.CCC. The molecular formula is C20H20O6. The molecule has 0 bridgehead atoms. The molecule has 0 radical (unpaired) electrons. The lowest BCUT2D eigenvalue weighted by molar-refractivity contribution is -0.131. The Kier molecular flexibility index (Phi) is 6.01. The maximum absolute atomic E-state index is 12.6. The normalized spacial score (nSPS) is 10.1. The van der Waals surface area contributed by atoms with Crippen molar-refractivity contribution in [2.45, 2.75) is 27.2 Å². The van der Waals surface area contributed by atoms with Crippen molar-refractivity contribution in [2.75, 3.05) is 0 Å². The second-order valence-electron chi connectivity index (χ2n) is 5.64. The lowest BCUT2D eigenvalue weighted by atomic mass is 10.0. The Morgan fingerprint density at radius 2 is 1.73 bits per heavy atom. The van der Waals surface area contributed by atoms with E-state index in [0.717, 1.165) is 0 Å². The van der Waals surface area contributed by atoms with Crippen LogP contribution in [0, 0.1) is 0 Å². The molecule has 1 aromatic heterocycles. The Labute approximate surface area is 150 Å². The van der Waals surface area contributed by atoms with Gasteiger partial charge in [0.05, 0.1) is 5.56 Å². The zero-order chi connectivity index (χ0) is 19.3. The summed E-state index contributed by atoms with van der Waals surface area (Å²) in [5.41, 5.74) is 0.465. The Balaban J connectivity index is 0.000000758. The lowest BCUT2D eigenvalue weighted by Crippen LogP contribution is -2.06. The van der Waals surface area contributed by atoms with Gasteiger partial charge in [-0.3, -0.25) is 9.59 Å². The van der Waals surface area contributed by atoms with Gasteiger partial charge in [0.1, 0.15) is 34.5 Å². The van der Waals surface area contributed by atoms with E-state index < -0.39 is 11.4 Å². The summed E-state index contributed by atoms with van der Waals surface area (Å²) in [4.78, 5) is 23.6. The topological polar surface area (TPSA) is 97.0 Å². The largest absolute Gasteiger partial charge is 0.508 e. The summed E-state index contributed by atoms with van der Waals surface area (Å²) in [5.74, 6) is -0.726. The molecule has 3 rings (SSSR count). The third-order valence-corrected chi connectivity index (χ3v) is 3.27. The number of fused-ring (bicyclic) bond motifs is 1. The van der Waals surface area contributed by atoms with E-state index in [0.29, 0.717) is 5.56 Å². The van der Waals surface area contributed by atoms with Crippen LogP contribution in [0.5, 0.6) is 17.2 Å². The Hall–Kier alpha value is -3.28. The van der Waals surface area contributed by atoms with Gasteiger partial charge in [0.2, 0.25) is 5.43 Å². The summed E-state index contributed by atoms with van der Waals surface area (Å²) >= 11 is 0. The average molecular weight is 356 g/mol. The summed E-state index contributed by atoms with van der Waals surface area (Å²) in [5, 5.41) is 19.4. The predicted molar refractivity (Wildman–Crippen MR) is 98.5 cm³/mol. The number of rotatable bonds is 2. The van der Waals surface area contributed by atoms with Gasteiger partial charge in [-0.15, -0.1) is 0 Å². The van der Waals surface area contributed by atoms with Crippen LogP contribution in [0.1, 0.15) is 27.2 Å². The molecule has 0 aliphatic heterocycles. The highest BCUT2D eigenvalue weighted by Gasteiger charge is 2.15.